The highest BCUT2D eigenvalue weighted by molar-refractivity contribution is 5.98. The Hall–Kier alpha value is -3.66. The molecule has 4 unspecified atom stereocenters. The molecule has 1 amide bonds. The lowest BCUT2D eigenvalue weighted by Gasteiger charge is -2.31. The van der Waals surface area contributed by atoms with E-state index in [1.165, 1.54) is 50.3 Å². The summed E-state index contributed by atoms with van der Waals surface area (Å²) in [5, 5.41) is 2.78. The molecule has 2 aliphatic rings. The molecule has 222 valence electrons. The molecule has 10 heteroatoms. The number of aryl methyl sites for hydroxylation is 1. The van der Waals surface area contributed by atoms with Crippen LogP contribution >= 0.6 is 0 Å². The minimum atomic E-state index is -0.888. The first-order valence-electron chi connectivity index (χ1n) is 14.2. The maximum absolute atomic E-state index is 13.3. The number of pyridine rings is 1. The second-order valence-corrected chi connectivity index (χ2v) is 10.9. The van der Waals surface area contributed by atoms with Crippen LogP contribution in [-0.2, 0) is 30.2 Å². The smallest absolute Gasteiger partial charge is 0.329 e. The van der Waals surface area contributed by atoms with Gasteiger partial charge in [-0.3, -0.25) is 9.59 Å². The Morgan fingerprint density at radius 3 is 2.54 bits per heavy atom. The topological polar surface area (TPSA) is 122 Å². The summed E-state index contributed by atoms with van der Waals surface area (Å²) in [6, 6.07) is 9.13. The second kappa shape index (κ2) is 14.3. The van der Waals surface area contributed by atoms with Crippen molar-refractivity contribution in [2.45, 2.75) is 77.5 Å². The maximum Gasteiger partial charge on any atom is 0.329 e. The summed E-state index contributed by atoms with van der Waals surface area (Å²) in [5.74, 6) is -0.732. The van der Waals surface area contributed by atoms with Gasteiger partial charge in [0.15, 0.2) is 17.2 Å². The number of hydrogen-bond acceptors (Lipinski definition) is 9. The Labute approximate surface area is 241 Å². The molecule has 2 heterocycles. The van der Waals surface area contributed by atoms with Crippen molar-refractivity contribution in [3.63, 3.8) is 0 Å². The van der Waals surface area contributed by atoms with Crippen LogP contribution in [0.4, 0.5) is 0 Å². The van der Waals surface area contributed by atoms with Crippen LogP contribution in [0.15, 0.2) is 36.5 Å². The molecule has 1 aliphatic carbocycles. The molecule has 4 atom stereocenters. The van der Waals surface area contributed by atoms with Crippen molar-refractivity contribution >= 4 is 17.8 Å². The second-order valence-electron chi connectivity index (χ2n) is 10.9. The van der Waals surface area contributed by atoms with Crippen LogP contribution in [0, 0.1) is 18.8 Å². The Morgan fingerprint density at radius 1 is 1.10 bits per heavy atom. The molecule has 41 heavy (non-hydrogen) atoms. The van der Waals surface area contributed by atoms with E-state index in [4.69, 9.17) is 23.7 Å². The number of nitrogens with zero attached hydrogens (tertiary/aromatic N) is 1. The van der Waals surface area contributed by atoms with Crippen LogP contribution < -0.4 is 14.8 Å². The number of ether oxygens (including phenoxy) is 5. The molecule has 4 rings (SSSR count). The summed E-state index contributed by atoms with van der Waals surface area (Å²) in [6.45, 7) is 5.41. The van der Waals surface area contributed by atoms with E-state index >= 15 is 0 Å². The van der Waals surface area contributed by atoms with Gasteiger partial charge in [0.1, 0.15) is 12.1 Å². The number of hydrogen-bond donors (Lipinski definition) is 1. The van der Waals surface area contributed by atoms with Gasteiger partial charge in [0.25, 0.3) is 5.91 Å². The van der Waals surface area contributed by atoms with E-state index in [0.29, 0.717) is 25.4 Å². The molecule has 2 fully saturated rings. The van der Waals surface area contributed by atoms with Crippen LogP contribution in [0.5, 0.6) is 11.5 Å². The average Bonchev–Trinajstić information content (AvgIpc) is 3.77. The lowest BCUT2D eigenvalue weighted by atomic mass is 9.86. The number of nitrogens with one attached hydrogen (secondary N) is 1. The summed E-state index contributed by atoms with van der Waals surface area (Å²) in [4.78, 5) is 42.0. The van der Waals surface area contributed by atoms with Crippen molar-refractivity contribution in [3.05, 3.63) is 53.3 Å². The monoisotopic (exact) mass is 568 g/mol. The molecule has 1 saturated carbocycles. The van der Waals surface area contributed by atoms with E-state index in [9.17, 15) is 14.4 Å². The lowest BCUT2D eigenvalue weighted by molar-refractivity contribution is -0.161. The zero-order valence-electron chi connectivity index (χ0n) is 24.2. The van der Waals surface area contributed by atoms with Crippen molar-refractivity contribution in [3.8, 4) is 11.5 Å². The van der Waals surface area contributed by atoms with E-state index in [1.807, 2.05) is 6.92 Å². The van der Waals surface area contributed by atoms with Gasteiger partial charge in [-0.25, -0.2) is 9.78 Å². The van der Waals surface area contributed by atoms with Gasteiger partial charge in [0.05, 0.1) is 13.2 Å². The van der Waals surface area contributed by atoms with Crippen molar-refractivity contribution in [1.82, 2.24) is 10.3 Å². The fourth-order valence-corrected chi connectivity index (χ4v) is 5.05. The molecule has 0 radical (unpaired) electrons. The Bertz CT molecular complexity index is 1200. The van der Waals surface area contributed by atoms with Gasteiger partial charge < -0.3 is 29.0 Å². The quantitative estimate of drug-likeness (QED) is 0.314. The number of methoxy groups -OCH3 is 1. The van der Waals surface area contributed by atoms with E-state index in [1.54, 1.807) is 0 Å². The first-order chi connectivity index (χ1) is 19.7. The van der Waals surface area contributed by atoms with Crippen LogP contribution in [-0.4, -0.2) is 61.6 Å². The third-order valence-electron chi connectivity index (χ3n) is 7.50. The van der Waals surface area contributed by atoms with Crippen molar-refractivity contribution in [2.24, 2.45) is 11.8 Å². The van der Waals surface area contributed by atoms with Gasteiger partial charge in [-0.2, -0.15) is 0 Å². The third-order valence-corrected chi connectivity index (χ3v) is 7.50. The highest BCUT2D eigenvalue weighted by Crippen LogP contribution is 2.33. The Balaban J connectivity index is 1.49. The molecule has 1 aromatic carbocycles. The number of carbonyl (C=O) groups excluding carboxylic acids is 3. The summed E-state index contributed by atoms with van der Waals surface area (Å²) in [6.07, 6.45) is 5.69. The van der Waals surface area contributed by atoms with Gasteiger partial charge >= 0.3 is 11.9 Å². The number of esters is 2. The first-order valence-corrected chi connectivity index (χ1v) is 14.2. The molecule has 0 spiro atoms. The highest BCUT2D eigenvalue weighted by atomic mass is 16.7. The van der Waals surface area contributed by atoms with Crippen molar-refractivity contribution in [1.29, 1.82) is 0 Å². The van der Waals surface area contributed by atoms with E-state index in [-0.39, 0.29) is 29.2 Å². The molecule has 10 nitrogen and oxygen atoms in total. The number of rotatable bonds is 11. The summed E-state index contributed by atoms with van der Waals surface area (Å²) in [5.41, 5.74) is 2.32. The minimum Gasteiger partial charge on any atom is -0.493 e. The van der Waals surface area contributed by atoms with E-state index in [2.05, 4.69) is 41.5 Å². The van der Waals surface area contributed by atoms with Crippen molar-refractivity contribution in [2.75, 3.05) is 20.5 Å². The zero-order chi connectivity index (χ0) is 29.4. The van der Waals surface area contributed by atoms with Crippen LogP contribution in [0.1, 0.15) is 67.6 Å². The molecule has 1 saturated heterocycles. The molecule has 1 aromatic heterocycles. The van der Waals surface area contributed by atoms with Gasteiger partial charge in [-0.15, -0.1) is 0 Å². The summed E-state index contributed by atoms with van der Waals surface area (Å²) in [7, 11) is 1.42. The molecule has 1 aliphatic heterocycles. The van der Waals surface area contributed by atoms with E-state index in [0.717, 1.165) is 12.8 Å². The fourth-order valence-electron chi connectivity index (χ4n) is 5.05. The molecular weight excluding hydrogens is 528 g/mol. The maximum atomic E-state index is 13.3. The number of cyclic esters (lactones) is 1. The summed E-state index contributed by atoms with van der Waals surface area (Å²) < 4.78 is 28.0. The largest absolute Gasteiger partial charge is 0.493 e. The molecule has 2 aromatic rings. The SMILES string of the molecule is COc1ccnc(C(=O)NC2CCCC(Cc3ccc(C)cc3)C(OCC3CC3)C(C)OC2=O)c1OCOC(C)=O. The predicted octanol–water partition coefficient (Wildman–Crippen LogP) is 4.17. The summed E-state index contributed by atoms with van der Waals surface area (Å²) >= 11 is 0. The number of benzene rings is 1. The zero-order valence-corrected chi connectivity index (χ0v) is 24.2. The fraction of sp³-hybridized carbons (Fsp3) is 0.548. The standard InChI is InChI=1S/C31H40N2O8/c1-19-8-10-22(11-9-19)16-24-6-5-7-25(31(36)41-20(2)28(24)38-17-23-12-13-23)33-30(35)27-29(40-18-39-21(3)34)26(37-4)14-15-32-27/h8-11,14-15,20,23-25,28H,5-7,12-13,16-18H2,1-4H3,(H,33,35). The number of carbonyl (C=O) groups is 3. The minimum absolute atomic E-state index is 0.00486. The third kappa shape index (κ3) is 8.66. The van der Waals surface area contributed by atoms with Gasteiger partial charge in [0, 0.05) is 25.8 Å². The van der Waals surface area contributed by atoms with Crippen LogP contribution in [0.3, 0.4) is 0 Å². The average molecular weight is 569 g/mol. The predicted molar refractivity (Wildman–Crippen MR) is 150 cm³/mol. The first kappa shape index (κ1) is 30.3. The van der Waals surface area contributed by atoms with Gasteiger partial charge in [0.2, 0.25) is 6.79 Å². The van der Waals surface area contributed by atoms with Crippen LogP contribution in [0.2, 0.25) is 0 Å². The highest BCUT2D eigenvalue weighted by Gasteiger charge is 2.36. The van der Waals surface area contributed by atoms with Gasteiger partial charge in [-0.05, 0) is 63.4 Å². The van der Waals surface area contributed by atoms with Gasteiger partial charge in [-0.1, -0.05) is 36.2 Å². The van der Waals surface area contributed by atoms with Crippen LogP contribution in [0.25, 0.3) is 0 Å². The van der Waals surface area contributed by atoms with Crippen molar-refractivity contribution < 1.29 is 38.1 Å². The molecule has 1 N–H and O–H groups in total. The molecule has 0 bridgehead atoms. The lowest BCUT2D eigenvalue weighted by Crippen LogP contribution is -2.45. The normalized spacial score (nSPS) is 22.9. The Morgan fingerprint density at radius 2 is 1.85 bits per heavy atom. The number of amides is 1. The number of aromatic nitrogens is 1. The van der Waals surface area contributed by atoms with E-state index < -0.39 is 36.8 Å². The Kier molecular flexibility index (Phi) is 10.6. The molecular formula is C31H40N2O8.